The van der Waals surface area contributed by atoms with E-state index in [1.54, 1.807) is 7.11 Å². The lowest BCUT2D eigenvalue weighted by Crippen LogP contribution is -2.36. The molecular weight excluding hydrogens is 412 g/mol. The van der Waals surface area contributed by atoms with Gasteiger partial charge >= 0.3 is 0 Å². The predicted molar refractivity (Wildman–Crippen MR) is 138 cm³/mol. The number of carbonyl (C=O) groups excluding carboxylic acids is 1. The fourth-order valence-electron chi connectivity index (χ4n) is 4.14. The van der Waals surface area contributed by atoms with E-state index in [2.05, 4.69) is 90.3 Å². The van der Waals surface area contributed by atoms with Crippen LogP contribution in [-0.2, 0) is 16.1 Å². The fraction of sp³-hybridized carbons (Fsp3) is 0.481. The molecule has 1 heterocycles. The second-order valence-corrected chi connectivity index (χ2v) is 9.08. The van der Waals surface area contributed by atoms with Crippen LogP contribution in [0.2, 0.25) is 0 Å². The summed E-state index contributed by atoms with van der Waals surface area (Å²) >= 11 is 0. The zero-order valence-electron chi connectivity index (χ0n) is 20.9. The highest BCUT2D eigenvalue weighted by molar-refractivity contribution is 5.91. The molecule has 1 aromatic heterocycles. The number of amides is 1. The zero-order valence-corrected chi connectivity index (χ0v) is 20.9. The Kier molecular flexibility index (Phi) is 8.89. The monoisotopic (exact) mass is 451 g/mol. The first-order valence-corrected chi connectivity index (χ1v) is 11.9. The maximum absolute atomic E-state index is 12.0. The zero-order chi connectivity index (χ0) is 23.8. The van der Waals surface area contributed by atoms with Crippen molar-refractivity contribution in [3.63, 3.8) is 0 Å². The molecule has 0 aliphatic rings. The number of hydrogen-bond donors (Lipinski definition) is 1. The van der Waals surface area contributed by atoms with Crippen molar-refractivity contribution in [3.05, 3.63) is 42.5 Å². The van der Waals surface area contributed by atoms with Gasteiger partial charge in [0.15, 0.2) is 0 Å². The third kappa shape index (κ3) is 6.57. The van der Waals surface area contributed by atoms with E-state index in [0.717, 1.165) is 32.2 Å². The fourth-order valence-corrected chi connectivity index (χ4v) is 4.14. The molecule has 0 bridgehead atoms. The van der Waals surface area contributed by atoms with Crippen LogP contribution in [0.1, 0.15) is 32.1 Å². The number of nitrogens with one attached hydrogen (secondary N) is 1. The van der Waals surface area contributed by atoms with E-state index in [4.69, 9.17) is 4.74 Å². The molecule has 1 N–H and O–H groups in total. The average molecular weight is 452 g/mol. The number of aromatic nitrogens is 1. The topological polar surface area (TPSA) is 48.7 Å². The standard InChI is InChI=1S/C27H38N4O2/c1-29(2)23-13-11-21-18-22-12-14-24(30(3)4)20-26(22)31(25(21)19-23)16-8-6-7-10-27(32)28-15-9-17-33-5/h11-14,18-20H,6-10,15-17H2,1-5H3/p+1. The molecular formula is C27H39N4O2+. The number of hydrogen-bond acceptors (Lipinski definition) is 4. The second-order valence-electron chi connectivity index (χ2n) is 9.08. The van der Waals surface area contributed by atoms with Crippen molar-refractivity contribution in [1.29, 1.82) is 0 Å². The van der Waals surface area contributed by atoms with E-state index < -0.39 is 0 Å². The molecule has 0 radical (unpaired) electrons. The Hall–Kier alpha value is -2.86. The Morgan fingerprint density at radius 3 is 2.00 bits per heavy atom. The average Bonchev–Trinajstić information content (AvgIpc) is 2.80. The van der Waals surface area contributed by atoms with Crippen LogP contribution in [0.4, 0.5) is 11.4 Å². The van der Waals surface area contributed by atoms with Gasteiger partial charge in [-0.05, 0) is 49.6 Å². The first-order valence-electron chi connectivity index (χ1n) is 11.9. The summed E-state index contributed by atoms with van der Waals surface area (Å²) in [6.45, 7) is 2.30. The molecule has 33 heavy (non-hydrogen) atoms. The molecule has 178 valence electrons. The molecule has 6 heteroatoms. The SMILES string of the molecule is COCCCNC(=O)CCCCC[n+]1c2cc(N(C)C)ccc2cc2ccc(N(C)C)cc21. The molecule has 6 nitrogen and oxygen atoms in total. The minimum absolute atomic E-state index is 0.139. The van der Waals surface area contributed by atoms with Gasteiger partial charge in [0, 0.05) is 95.6 Å². The van der Waals surface area contributed by atoms with Gasteiger partial charge in [-0.2, -0.15) is 4.57 Å². The molecule has 0 unspecified atom stereocenters. The summed E-state index contributed by atoms with van der Waals surface area (Å²) in [4.78, 5) is 16.3. The lowest BCUT2D eigenvalue weighted by atomic mass is 10.1. The van der Waals surface area contributed by atoms with Crippen LogP contribution >= 0.6 is 0 Å². The third-order valence-electron chi connectivity index (χ3n) is 6.09. The highest BCUT2D eigenvalue weighted by Gasteiger charge is 2.17. The summed E-state index contributed by atoms with van der Waals surface area (Å²) in [6, 6.07) is 15.6. The van der Waals surface area contributed by atoms with Crippen molar-refractivity contribution < 1.29 is 14.1 Å². The second kappa shape index (κ2) is 11.8. The maximum atomic E-state index is 12.0. The Morgan fingerprint density at radius 1 is 0.848 bits per heavy atom. The highest BCUT2D eigenvalue weighted by Crippen LogP contribution is 2.25. The summed E-state index contributed by atoms with van der Waals surface area (Å²) in [6.07, 6.45) is 4.41. The van der Waals surface area contributed by atoms with E-state index >= 15 is 0 Å². The van der Waals surface area contributed by atoms with E-state index in [9.17, 15) is 4.79 Å². The van der Waals surface area contributed by atoms with E-state index in [0.29, 0.717) is 19.6 Å². The van der Waals surface area contributed by atoms with E-state index in [-0.39, 0.29) is 5.91 Å². The number of fused-ring (bicyclic) bond motifs is 2. The number of pyridine rings is 1. The van der Waals surface area contributed by atoms with Gasteiger partial charge in [-0.3, -0.25) is 4.79 Å². The minimum Gasteiger partial charge on any atom is -0.385 e. The molecule has 0 spiro atoms. The van der Waals surface area contributed by atoms with Crippen LogP contribution in [-0.4, -0.2) is 54.4 Å². The lowest BCUT2D eigenvalue weighted by molar-refractivity contribution is -0.645. The first kappa shape index (κ1) is 24.8. The quantitative estimate of drug-likeness (QED) is 0.256. The molecule has 0 aliphatic carbocycles. The van der Waals surface area contributed by atoms with Crippen LogP contribution in [0, 0.1) is 0 Å². The number of nitrogens with zero attached hydrogens (tertiary/aromatic N) is 3. The van der Waals surface area contributed by atoms with Crippen molar-refractivity contribution in [1.82, 2.24) is 5.32 Å². The van der Waals surface area contributed by atoms with Crippen LogP contribution in [0.15, 0.2) is 42.5 Å². The van der Waals surface area contributed by atoms with Gasteiger partial charge in [0.1, 0.15) is 6.54 Å². The molecule has 0 fully saturated rings. The minimum atomic E-state index is 0.139. The molecule has 2 aromatic carbocycles. The van der Waals surface area contributed by atoms with Crippen LogP contribution in [0.25, 0.3) is 21.8 Å². The van der Waals surface area contributed by atoms with E-state index in [1.807, 2.05) is 0 Å². The van der Waals surface area contributed by atoms with Crippen molar-refractivity contribution in [2.24, 2.45) is 0 Å². The Balaban J connectivity index is 1.76. The molecule has 0 saturated heterocycles. The number of rotatable bonds is 12. The third-order valence-corrected chi connectivity index (χ3v) is 6.09. The Labute approximate surface area is 198 Å². The molecule has 3 rings (SSSR count). The van der Waals surface area contributed by atoms with Crippen molar-refractivity contribution in [3.8, 4) is 0 Å². The molecule has 0 saturated carbocycles. The van der Waals surface area contributed by atoms with Crippen LogP contribution < -0.4 is 19.7 Å². The molecule has 0 aliphatic heterocycles. The number of benzene rings is 2. The highest BCUT2D eigenvalue weighted by atomic mass is 16.5. The normalized spacial score (nSPS) is 11.2. The van der Waals surface area contributed by atoms with Crippen molar-refractivity contribution >= 4 is 39.1 Å². The van der Waals surface area contributed by atoms with Gasteiger partial charge in [-0.25, -0.2) is 0 Å². The van der Waals surface area contributed by atoms with E-state index in [1.165, 1.54) is 33.2 Å². The van der Waals surface area contributed by atoms with Crippen LogP contribution in [0.3, 0.4) is 0 Å². The van der Waals surface area contributed by atoms with Gasteiger partial charge < -0.3 is 19.9 Å². The maximum Gasteiger partial charge on any atom is 0.219 e. The number of methoxy groups -OCH3 is 1. The van der Waals surface area contributed by atoms with Gasteiger partial charge in [-0.1, -0.05) is 0 Å². The molecule has 1 amide bonds. The van der Waals surface area contributed by atoms with Crippen LogP contribution in [0.5, 0.6) is 0 Å². The number of unbranched alkanes of at least 4 members (excludes halogenated alkanes) is 2. The summed E-state index contributed by atoms with van der Waals surface area (Å²) in [5.41, 5.74) is 4.90. The van der Waals surface area contributed by atoms with Gasteiger partial charge in [0.05, 0.1) is 0 Å². The van der Waals surface area contributed by atoms with Crippen molar-refractivity contribution in [2.75, 3.05) is 58.3 Å². The number of ether oxygens (including phenoxy) is 1. The van der Waals surface area contributed by atoms with Gasteiger partial charge in [-0.15, -0.1) is 0 Å². The lowest BCUT2D eigenvalue weighted by Gasteiger charge is -2.15. The van der Waals surface area contributed by atoms with Gasteiger partial charge in [0.25, 0.3) is 0 Å². The van der Waals surface area contributed by atoms with Crippen molar-refractivity contribution in [2.45, 2.75) is 38.6 Å². The Bertz CT molecular complexity index is 1010. The summed E-state index contributed by atoms with van der Waals surface area (Å²) in [5, 5.41) is 5.48. The smallest absolute Gasteiger partial charge is 0.219 e. The Morgan fingerprint density at radius 2 is 1.45 bits per heavy atom. The predicted octanol–water partition coefficient (Wildman–Crippen LogP) is 4.13. The first-order chi connectivity index (χ1) is 15.9. The molecule has 3 aromatic rings. The summed E-state index contributed by atoms with van der Waals surface area (Å²) in [7, 11) is 10.0. The van der Waals surface area contributed by atoms with Gasteiger partial charge in [0.2, 0.25) is 16.9 Å². The number of aryl methyl sites for hydroxylation is 1. The number of carbonyl (C=O) groups is 1. The largest absolute Gasteiger partial charge is 0.385 e. The molecule has 0 atom stereocenters. The summed E-state index contributed by atoms with van der Waals surface area (Å²) < 4.78 is 7.48. The summed E-state index contributed by atoms with van der Waals surface area (Å²) in [5.74, 6) is 0.139. The number of anilines is 2.